The van der Waals surface area contributed by atoms with Crippen LogP contribution in [0, 0.1) is 15.9 Å². The number of carbonyl (C=O) groups is 1. The predicted octanol–water partition coefficient (Wildman–Crippen LogP) is 3.37. The Kier molecular flexibility index (Phi) is 6.44. The highest BCUT2D eigenvalue weighted by atomic mass is 19.1. The van der Waals surface area contributed by atoms with Crippen molar-refractivity contribution in [1.82, 2.24) is 5.32 Å². The fourth-order valence-corrected chi connectivity index (χ4v) is 4.10. The molecule has 0 radical (unpaired) electrons. The van der Waals surface area contributed by atoms with Gasteiger partial charge in [-0.1, -0.05) is 48.5 Å². The first-order valence-corrected chi connectivity index (χ1v) is 10.4. The predicted molar refractivity (Wildman–Crippen MR) is 119 cm³/mol. The van der Waals surface area contributed by atoms with Crippen LogP contribution in [0.2, 0.25) is 0 Å². The Hall–Kier alpha value is -4.02. The minimum absolute atomic E-state index is 0.0390. The zero-order valence-corrected chi connectivity index (χ0v) is 17.7. The third kappa shape index (κ3) is 4.41. The van der Waals surface area contributed by atoms with Crippen LogP contribution in [0.4, 0.5) is 14.9 Å². The van der Waals surface area contributed by atoms with Crippen molar-refractivity contribution < 1.29 is 34.2 Å². The summed E-state index contributed by atoms with van der Waals surface area (Å²) in [6.45, 7) is -0.469. The maximum atomic E-state index is 14.1. The number of ether oxygens (including phenoxy) is 1. The third-order valence-electron chi connectivity index (χ3n) is 5.77. The van der Waals surface area contributed by atoms with Crippen molar-refractivity contribution in [3.8, 4) is 16.9 Å². The zero-order valence-electron chi connectivity index (χ0n) is 17.7. The van der Waals surface area contributed by atoms with Gasteiger partial charge in [-0.15, -0.1) is 0 Å². The highest BCUT2D eigenvalue weighted by Gasteiger charge is 2.30. The van der Waals surface area contributed by atoms with E-state index in [0.29, 0.717) is 12.1 Å². The molecule has 4 N–H and O–H groups in total. The van der Waals surface area contributed by atoms with Crippen molar-refractivity contribution in [3.05, 3.63) is 93.3 Å². The standard InChI is InChI=1S/C24H21FN2O7/c25-19-10-21(28)20(27(32)33)9-17(19)23(30)22(29)11-26-24(31)34-12-18-15-7-3-1-5-13(15)14-6-2-4-8-16(14)18/h1-10,18,22-23,28-30H,11-12H2,(H,26,31). The number of amides is 1. The largest absolute Gasteiger partial charge is 0.502 e. The molecule has 0 aliphatic heterocycles. The summed E-state index contributed by atoms with van der Waals surface area (Å²) in [6.07, 6.45) is -4.45. The minimum atomic E-state index is -1.90. The summed E-state index contributed by atoms with van der Waals surface area (Å²) < 4.78 is 19.4. The van der Waals surface area contributed by atoms with Crippen molar-refractivity contribution in [2.24, 2.45) is 0 Å². The van der Waals surface area contributed by atoms with Gasteiger partial charge in [0.1, 0.15) is 24.6 Å². The van der Waals surface area contributed by atoms with Crippen LogP contribution >= 0.6 is 0 Å². The van der Waals surface area contributed by atoms with Crippen LogP contribution in [0.3, 0.4) is 0 Å². The van der Waals surface area contributed by atoms with Gasteiger partial charge in [0.05, 0.1) is 4.92 Å². The fourth-order valence-electron chi connectivity index (χ4n) is 4.10. The number of fused-ring (bicyclic) bond motifs is 3. The maximum Gasteiger partial charge on any atom is 0.407 e. The molecule has 0 aromatic heterocycles. The average Bonchev–Trinajstić information content (AvgIpc) is 3.14. The highest BCUT2D eigenvalue weighted by Crippen LogP contribution is 2.44. The molecule has 34 heavy (non-hydrogen) atoms. The summed E-state index contributed by atoms with van der Waals surface area (Å²) >= 11 is 0. The average molecular weight is 468 g/mol. The van der Waals surface area contributed by atoms with E-state index in [9.17, 15) is 34.6 Å². The zero-order chi connectivity index (χ0) is 24.4. The lowest BCUT2D eigenvalue weighted by Crippen LogP contribution is -2.36. The number of rotatable bonds is 7. The molecule has 1 aliphatic carbocycles. The lowest BCUT2D eigenvalue weighted by atomic mass is 9.98. The Bertz CT molecular complexity index is 1200. The van der Waals surface area contributed by atoms with Gasteiger partial charge >= 0.3 is 11.8 Å². The lowest BCUT2D eigenvalue weighted by Gasteiger charge is -2.20. The molecule has 0 heterocycles. The highest BCUT2D eigenvalue weighted by molar-refractivity contribution is 5.79. The topological polar surface area (TPSA) is 142 Å². The summed E-state index contributed by atoms with van der Waals surface area (Å²) in [4.78, 5) is 22.2. The number of phenolic OH excluding ortho intramolecular Hbond substituents is 1. The SMILES string of the molecule is O=C(NCC(O)C(O)c1cc([N+](=O)[O-])c(O)cc1F)OCC1c2ccccc2-c2ccccc21. The van der Waals surface area contributed by atoms with Crippen molar-refractivity contribution >= 4 is 11.8 Å². The van der Waals surface area contributed by atoms with Crippen LogP contribution in [0.1, 0.15) is 28.7 Å². The molecule has 10 heteroatoms. The van der Waals surface area contributed by atoms with Crippen molar-refractivity contribution in [2.75, 3.05) is 13.2 Å². The number of aliphatic hydroxyl groups excluding tert-OH is 2. The smallest absolute Gasteiger partial charge is 0.407 e. The molecule has 0 bridgehead atoms. The van der Waals surface area contributed by atoms with E-state index in [0.717, 1.165) is 22.3 Å². The second kappa shape index (κ2) is 9.46. The fraction of sp³-hybridized carbons (Fsp3) is 0.208. The molecule has 2 unspecified atom stereocenters. The summed E-state index contributed by atoms with van der Waals surface area (Å²) in [5.41, 5.74) is 2.76. The van der Waals surface area contributed by atoms with Gasteiger partial charge in [-0.25, -0.2) is 9.18 Å². The van der Waals surface area contributed by atoms with Gasteiger partial charge in [0.2, 0.25) is 0 Å². The molecule has 0 saturated heterocycles. The summed E-state index contributed by atoms with van der Waals surface area (Å²) in [6, 6.07) is 16.7. The molecule has 1 amide bonds. The molecular weight excluding hydrogens is 447 g/mol. The Labute approximate surface area is 193 Å². The van der Waals surface area contributed by atoms with E-state index < -0.39 is 52.6 Å². The minimum Gasteiger partial charge on any atom is -0.502 e. The number of aromatic hydroxyl groups is 1. The normalized spacial score (nSPS) is 14.1. The van der Waals surface area contributed by atoms with Gasteiger partial charge in [-0.2, -0.15) is 0 Å². The van der Waals surface area contributed by atoms with Crippen molar-refractivity contribution in [2.45, 2.75) is 18.1 Å². The first kappa shape index (κ1) is 23.1. The molecule has 1 aliphatic rings. The first-order chi connectivity index (χ1) is 16.3. The van der Waals surface area contributed by atoms with Gasteiger partial charge < -0.3 is 25.4 Å². The van der Waals surface area contributed by atoms with Crippen LogP contribution in [-0.4, -0.2) is 45.6 Å². The van der Waals surface area contributed by atoms with Crippen molar-refractivity contribution in [1.29, 1.82) is 0 Å². The van der Waals surface area contributed by atoms with E-state index in [4.69, 9.17) is 4.74 Å². The third-order valence-corrected chi connectivity index (χ3v) is 5.77. The van der Waals surface area contributed by atoms with Crippen LogP contribution in [-0.2, 0) is 4.74 Å². The maximum absolute atomic E-state index is 14.1. The monoisotopic (exact) mass is 468 g/mol. The number of nitrogens with zero attached hydrogens (tertiary/aromatic N) is 1. The van der Waals surface area contributed by atoms with Gasteiger partial charge in [0, 0.05) is 30.2 Å². The number of nitrogens with one attached hydrogen (secondary N) is 1. The second-order valence-corrected chi connectivity index (χ2v) is 7.84. The van der Waals surface area contributed by atoms with Gasteiger partial charge in [0.15, 0.2) is 5.75 Å². The lowest BCUT2D eigenvalue weighted by molar-refractivity contribution is -0.386. The molecule has 0 saturated carbocycles. The first-order valence-electron chi connectivity index (χ1n) is 10.4. The molecule has 2 atom stereocenters. The van der Waals surface area contributed by atoms with E-state index in [1.807, 2.05) is 48.5 Å². The number of nitro benzene ring substituents is 1. The number of aliphatic hydroxyl groups is 2. The molecule has 9 nitrogen and oxygen atoms in total. The van der Waals surface area contributed by atoms with E-state index in [-0.39, 0.29) is 12.5 Å². The van der Waals surface area contributed by atoms with Gasteiger partial charge in [0.25, 0.3) is 0 Å². The van der Waals surface area contributed by atoms with Gasteiger partial charge in [-0.05, 0) is 22.3 Å². The number of carbonyl (C=O) groups excluding carboxylic acids is 1. The number of phenols is 1. The van der Waals surface area contributed by atoms with Crippen LogP contribution in [0.5, 0.6) is 5.75 Å². The number of benzene rings is 3. The number of nitro groups is 1. The summed E-state index contributed by atoms with van der Waals surface area (Å²) in [5.74, 6) is -2.22. The molecule has 0 fully saturated rings. The molecule has 176 valence electrons. The van der Waals surface area contributed by atoms with Gasteiger partial charge in [-0.3, -0.25) is 10.1 Å². The van der Waals surface area contributed by atoms with Crippen LogP contribution in [0.25, 0.3) is 11.1 Å². The number of alkyl carbamates (subject to hydrolysis) is 1. The van der Waals surface area contributed by atoms with E-state index >= 15 is 0 Å². The second-order valence-electron chi connectivity index (χ2n) is 7.84. The Morgan fingerprint density at radius 2 is 1.68 bits per heavy atom. The van der Waals surface area contributed by atoms with Crippen LogP contribution < -0.4 is 5.32 Å². The van der Waals surface area contributed by atoms with Crippen molar-refractivity contribution in [3.63, 3.8) is 0 Å². The number of hydrogen-bond donors (Lipinski definition) is 4. The number of halogens is 1. The van der Waals surface area contributed by atoms with E-state index in [1.165, 1.54) is 0 Å². The Morgan fingerprint density at radius 3 is 2.26 bits per heavy atom. The molecule has 3 aromatic rings. The van der Waals surface area contributed by atoms with E-state index in [1.54, 1.807) is 0 Å². The molecule has 3 aromatic carbocycles. The molecular formula is C24H21FN2O7. The summed E-state index contributed by atoms with van der Waals surface area (Å²) in [5, 5.41) is 43.1. The Morgan fingerprint density at radius 1 is 1.09 bits per heavy atom. The quantitative estimate of drug-likeness (QED) is 0.308. The van der Waals surface area contributed by atoms with E-state index in [2.05, 4.69) is 5.32 Å². The van der Waals surface area contributed by atoms with Crippen LogP contribution in [0.15, 0.2) is 60.7 Å². The molecule has 0 spiro atoms. The number of hydrogen-bond acceptors (Lipinski definition) is 7. The summed E-state index contributed by atoms with van der Waals surface area (Å²) in [7, 11) is 0. The molecule has 4 rings (SSSR count). The Balaban J connectivity index is 1.37.